The fraction of sp³-hybridized carbons (Fsp3) is 0.800. The summed E-state index contributed by atoms with van der Waals surface area (Å²) < 4.78 is 0. The molecule has 0 radical (unpaired) electrons. The Bertz CT molecular complexity index is 90.4. The Balaban J connectivity index is 3.64. The highest BCUT2D eigenvalue weighted by Gasteiger charge is 2.14. The predicted molar refractivity (Wildman–Crippen MR) is 30.4 cm³/mol. The lowest BCUT2D eigenvalue weighted by Crippen LogP contribution is -2.30. The molecule has 0 amide bonds. The first-order valence-electron chi connectivity index (χ1n) is 2.54. The lowest BCUT2D eigenvalue weighted by molar-refractivity contribution is -0.141. The van der Waals surface area contributed by atoms with Crippen molar-refractivity contribution >= 4 is 5.97 Å². The molecule has 0 aliphatic heterocycles. The maximum absolute atomic E-state index is 10.1. The third kappa shape index (κ3) is 1.93. The first-order chi connectivity index (χ1) is 3.55. The quantitative estimate of drug-likeness (QED) is 0.537. The topological polar surface area (TPSA) is 63.3 Å². The van der Waals surface area contributed by atoms with E-state index in [1.165, 1.54) is 0 Å². The maximum atomic E-state index is 10.1. The maximum Gasteiger partial charge on any atom is 0.307 e. The zero-order valence-corrected chi connectivity index (χ0v) is 5.09. The van der Waals surface area contributed by atoms with Gasteiger partial charge in [-0.3, -0.25) is 4.79 Å². The molecule has 0 aliphatic carbocycles. The van der Waals surface area contributed by atoms with Crippen molar-refractivity contribution in [3.05, 3.63) is 0 Å². The molecule has 0 saturated heterocycles. The number of rotatable bonds is 2. The van der Waals surface area contributed by atoms with E-state index in [1.807, 2.05) is 0 Å². The number of hydrogen-bond acceptors (Lipinski definition) is 2. The molecule has 1 unspecified atom stereocenters. The van der Waals surface area contributed by atoms with Gasteiger partial charge in [-0.2, -0.15) is 0 Å². The summed E-state index contributed by atoms with van der Waals surface area (Å²) in [7, 11) is 0. The van der Waals surface area contributed by atoms with Gasteiger partial charge in [0.05, 0.1) is 5.92 Å². The van der Waals surface area contributed by atoms with Crippen molar-refractivity contribution in [2.24, 2.45) is 11.7 Å². The van der Waals surface area contributed by atoms with Crippen molar-refractivity contribution < 1.29 is 9.90 Å². The molecule has 0 spiro atoms. The lowest BCUT2D eigenvalue weighted by Gasteiger charge is -2.07. The molecule has 2 atom stereocenters. The highest BCUT2D eigenvalue weighted by molar-refractivity contribution is 5.70. The molecule has 3 nitrogen and oxygen atoms in total. The van der Waals surface area contributed by atoms with Gasteiger partial charge < -0.3 is 10.8 Å². The molecule has 0 aromatic rings. The molecule has 0 aromatic carbocycles. The van der Waals surface area contributed by atoms with Gasteiger partial charge in [0.2, 0.25) is 0 Å². The molecule has 0 fully saturated rings. The summed E-state index contributed by atoms with van der Waals surface area (Å²) in [5.74, 6) is -1.27. The monoisotopic (exact) mass is 117 g/mol. The van der Waals surface area contributed by atoms with Crippen molar-refractivity contribution in [1.82, 2.24) is 0 Å². The van der Waals surface area contributed by atoms with Crippen LogP contribution in [0.2, 0.25) is 0 Å². The Morgan fingerprint density at radius 2 is 2.00 bits per heavy atom. The SMILES string of the molecule is CC(C(=O)O)[C@@H](C)N. The van der Waals surface area contributed by atoms with Gasteiger partial charge in [-0.25, -0.2) is 0 Å². The summed E-state index contributed by atoms with van der Waals surface area (Å²) in [6.45, 7) is 3.27. The molecule has 0 aromatic heterocycles. The normalized spacial score (nSPS) is 17.4. The van der Waals surface area contributed by atoms with Crippen LogP contribution in [0.4, 0.5) is 0 Å². The van der Waals surface area contributed by atoms with E-state index in [2.05, 4.69) is 0 Å². The van der Waals surface area contributed by atoms with Gasteiger partial charge in [-0.1, -0.05) is 6.92 Å². The van der Waals surface area contributed by atoms with Crippen LogP contribution in [0.15, 0.2) is 0 Å². The minimum atomic E-state index is -0.833. The van der Waals surface area contributed by atoms with Crippen molar-refractivity contribution in [3.63, 3.8) is 0 Å². The van der Waals surface area contributed by atoms with E-state index in [0.29, 0.717) is 0 Å². The Kier molecular flexibility index (Phi) is 2.48. The first-order valence-corrected chi connectivity index (χ1v) is 2.54. The smallest absolute Gasteiger partial charge is 0.307 e. The Hall–Kier alpha value is -0.570. The van der Waals surface area contributed by atoms with Crippen LogP contribution in [0.25, 0.3) is 0 Å². The molecule has 3 heteroatoms. The highest BCUT2D eigenvalue weighted by atomic mass is 16.4. The third-order valence-electron chi connectivity index (χ3n) is 1.18. The number of hydrogen-bond donors (Lipinski definition) is 2. The zero-order chi connectivity index (χ0) is 6.73. The van der Waals surface area contributed by atoms with E-state index in [9.17, 15) is 4.79 Å². The van der Waals surface area contributed by atoms with Gasteiger partial charge in [0.15, 0.2) is 0 Å². The lowest BCUT2D eigenvalue weighted by atomic mass is 10.1. The van der Waals surface area contributed by atoms with Crippen LogP contribution in [0.3, 0.4) is 0 Å². The van der Waals surface area contributed by atoms with E-state index < -0.39 is 11.9 Å². The minimum absolute atomic E-state index is 0.257. The van der Waals surface area contributed by atoms with Crippen LogP contribution in [0.1, 0.15) is 13.8 Å². The van der Waals surface area contributed by atoms with Crippen LogP contribution in [0.5, 0.6) is 0 Å². The van der Waals surface area contributed by atoms with Gasteiger partial charge in [0.1, 0.15) is 0 Å². The number of carboxylic acid groups (broad SMARTS) is 1. The average Bonchev–Trinajstić information content (AvgIpc) is 1.64. The van der Waals surface area contributed by atoms with Crippen LogP contribution in [-0.2, 0) is 4.79 Å². The standard InChI is InChI=1S/C5H11NO2/c1-3(4(2)6)5(7)8/h3-4H,6H2,1-2H3,(H,7,8)/t3?,4-/m1/s1. The first kappa shape index (κ1) is 7.43. The van der Waals surface area contributed by atoms with Crippen molar-refractivity contribution in [1.29, 1.82) is 0 Å². The Morgan fingerprint density at radius 3 is 2.00 bits per heavy atom. The van der Waals surface area contributed by atoms with Gasteiger partial charge >= 0.3 is 5.97 Å². The number of aliphatic carboxylic acids is 1. The van der Waals surface area contributed by atoms with Gasteiger partial charge in [0.25, 0.3) is 0 Å². The summed E-state index contributed by atoms with van der Waals surface area (Å²) >= 11 is 0. The van der Waals surface area contributed by atoms with Gasteiger partial charge in [-0.15, -0.1) is 0 Å². The van der Waals surface area contributed by atoms with Crippen LogP contribution >= 0.6 is 0 Å². The molecule has 0 aliphatic rings. The van der Waals surface area contributed by atoms with E-state index in [-0.39, 0.29) is 6.04 Å². The number of nitrogens with two attached hydrogens (primary N) is 1. The van der Waals surface area contributed by atoms with Crippen molar-refractivity contribution in [3.8, 4) is 0 Å². The molecule has 0 rings (SSSR count). The van der Waals surface area contributed by atoms with Gasteiger partial charge in [-0.05, 0) is 6.92 Å². The Morgan fingerprint density at radius 1 is 1.62 bits per heavy atom. The second-order valence-corrected chi connectivity index (χ2v) is 1.99. The molecule has 0 bridgehead atoms. The fourth-order valence-corrected chi connectivity index (χ4v) is 0.225. The summed E-state index contributed by atoms with van der Waals surface area (Å²) in [5.41, 5.74) is 5.26. The number of carbonyl (C=O) groups is 1. The largest absolute Gasteiger partial charge is 0.481 e. The summed E-state index contributed by atoms with van der Waals surface area (Å²) in [5, 5.41) is 8.27. The summed E-state index contributed by atoms with van der Waals surface area (Å²) in [4.78, 5) is 10.1. The fourth-order valence-electron chi connectivity index (χ4n) is 0.225. The second-order valence-electron chi connectivity index (χ2n) is 1.99. The van der Waals surface area contributed by atoms with Crippen LogP contribution in [0, 0.1) is 5.92 Å². The van der Waals surface area contributed by atoms with Crippen LogP contribution < -0.4 is 5.73 Å². The van der Waals surface area contributed by atoms with E-state index in [0.717, 1.165) is 0 Å². The Labute approximate surface area is 48.5 Å². The second kappa shape index (κ2) is 2.67. The van der Waals surface area contributed by atoms with Crippen molar-refractivity contribution in [2.75, 3.05) is 0 Å². The zero-order valence-electron chi connectivity index (χ0n) is 5.09. The third-order valence-corrected chi connectivity index (χ3v) is 1.18. The highest BCUT2D eigenvalue weighted by Crippen LogP contribution is 1.97. The van der Waals surface area contributed by atoms with E-state index >= 15 is 0 Å². The molecular weight excluding hydrogens is 106 g/mol. The van der Waals surface area contributed by atoms with E-state index in [1.54, 1.807) is 13.8 Å². The minimum Gasteiger partial charge on any atom is -0.481 e. The van der Waals surface area contributed by atoms with Crippen molar-refractivity contribution in [2.45, 2.75) is 19.9 Å². The molecule has 8 heavy (non-hydrogen) atoms. The van der Waals surface area contributed by atoms with Crippen LogP contribution in [-0.4, -0.2) is 17.1 Å². The summed E-state index contributed by atoms with van der Waals surface area (Å²) in [6.07, 6.45) is 0. The van der Waals surface area contributed by atoms with E-state index in [4.69, 9.17) is 10.8 Å². The molecule has 0 heterocycles. The summed E-state index contributed by atoms with van der Waals surface area (Å²) in [6, 6.07) is -0.257. The average molecular weight is 117 g/mol. The van der Waals surface area contributed by atoms with Gasteiger partial charge in [0, 0.05) is 6.04 Å². The molecule has 48 valence electrons. The number of carboxylic acids is 1. The predicted octanol–water partition coefficient (Wildman–Crippen LogP) is 0.0543. The molecule has 3 N–H and O–H groups in total. The molecule has 0 saturated carbocycles. The molecular formula is C5H11NO2.